The van der Waals surface area contributed by atoms with Gasteiger partial charge in [-0.2, -0.15) is 0 Å². The highest BCUT2D eigenvalue weighted by molar-refractivity contribution is 5.92. The molecule has 98 valence electrons. The molecule has 0 heterocycles. The van der Waals surface area contributed by atoms with Crippen LogP contribution in [-0.2, 0) is 4.79 Å². The van der Waals surface area contributed by atoms with Crippen molar-refractivity contribution in [2.75, 3.05) is 18.0 Å². The maximum absolute atomic E-state index is 11.8. The van der Waals surface area contributed by atoms with E-state index in [1.165, 1.54) is 4.90 Å². The molecular formula is C12H16N2O4. The molecule has 0 aromatic heterocycles. The fourth-order valence-corrected chi connectivity index (χ4v) is 1.42. The molecule has 2 amide bonds. The molecule has 1 aromatic carbocycles. The van der Waals surface area contributed by atoms with E-state index < -0.39 is 18.1 Å². The molecule has 0 aliphatic carbocycles. The summed E-state index contributed by atoms with van der Waals surface area (Å²) in [7, 11) is 0. The Kier molecular flexibility index (Phi) is 5.13. The Bertz CT molecular complexity index is 408. The summed E-state index contributed by atoms with van der Waals surface area (Å²) in [5.41, 5.74) is 0.710. The van der Waals surface area contributed by atoms with Crippen molar-refractivity contribution < 1.29 is 19.8 Å². The van der Waals surface area contributed by atoms with E-state index in [-0.39, 0.29) is 6.54 Å². The summed E-state index contributed by atoms with van der Waals surface area (Å²) in [5.74, 6) is -1.36. The molecule has 6 nitrogen and oxygen atoms in total. The molecule has 0 aliphatic heterocycles. The molecule has 0 radical (unpaired) electrons. The van der Waals surface area contributed by atoms with Gasteiger partial charge in [0, 0.05) is 12.2 Å². The number of nitrogens with zero attached hydrogens (tertiary/aromatic N) is 1. The Morgan fingerprint density at radius 2 is 1.94 bits per heavy atom. The molecule has 0 spiro atoms. The first-order chi connectivity index (χ1) is 8.56. The highest BCUT2D eigenvalue weighted by Crippen LogP contribution is 2.12. The van der Waals surface area contributed by atoms with Gasteiger partial charge in [-0.3, -0.25) is 4.90 Å². The Balaban J connectivity index is 2.61. The van der Waals surface area contributed by atoms with Gasteiger partial charge in [-0.1, -0.05) is 18.2 Å². The van der Waals surface area contributed by atoms with Crippen LogP contribution in [0.3, 0.4) is 0 Å². The number of aliphatic hydroxyl groups is 1. The number of aliphatic carboxylic acids is 1. The van der Waals surface area contributed by atoms with Crippen molar-refractivity contribution in [2.24, 2.45) is 0 Å². The minimum atomic E-state index is -1.59. The van der Waals surface area contributed by atoms with Gasteiger partial charge in [0.2, 0.25) is 0 Å². The van der Waals surface area contributed by atoms with E-state index in [0.717, 1.165) is 0 Å². The number of carbonyl (C=O) groups is 2. The summed E-state index contributed by atoms with van der Waals surface area (Å²) < 4.78 is 0. The quantitative estimate of drug-likeness (QED) is 0.718. The van der Waals surface area contributed by atoms with E-state index in [2.05, 4.69) is 5.32 Å². The highest BCUT2D eigenvalue weighted by atomic mass is 16.4. The molecule has 1 atom stereocenters. The fourth-order valence-electron chi connectivity index (χ4n) is 1.42. The molecule has 0 saturated carbocycles. The van der Waals surface area contributed by atoms with Crippen molar-refractivity contribution in [3.8, 4) is 0 Å². The molecule has 1 rings (SSSR count). The summed E-state index contributed by atoms with van der Waals surface area (Å²) in [4.78, 5) is 23.7. The number of hydrogen-bond donors (Lipinski definition) is 3. The summed E-state index contributed by atoms with van der Waals surface area (Å²) in [6, 6.07) is 8.55. The number of nitrogens with one attached hydrogen (secondary N) is 1. The lowest BCUT2D eigenvalue weighted by Gasteiger charge is -2.21. The van der Waals surface area contributed by atoms with Gasteiger partial charge in [-0.25, -0.2) is 9.59 Å². The van der Waals surface area contributed by atoms with Crippen LogP contribution in [0, 0.1) is 0 Å². The predicted molar refractivity (Wildman–Crippen MR) is 66.5 cm³/mol. The average Bonchev–Trinajstić information content (AvgIpc) is 2.38. The number of carbonyl (C=O) groups excluding carboxylic acids is 1. The maximum Gasteiger partial charge on any atom is 0.334 e. The molecule has 0 bridgehead atoms. The summed E-state index contributed by atoms with van der Waals surface area (Å²) in [6.07, 6.45) is -1.59. The SMILES string of the molecule is CCN(C(=O)NC[C@H](O)C(=O)O)c1ccccc1. The van der Waals surface area contributed by atoms with E-state index >= 15 is 0 Å². The Labute approximate surface area is 105 Å². The van der Waals surface area contributed by atoms with Crippen LogP contribution >= 0.6 is 0 Å². The monoisotopic (exact) mass is 252 g/mol. The number of aliphatic hydroxyl groups excluding tert-OH is 1. The first kappa shape index (κ1) is 14.0. The predicted octanol–water partition coefficient (Wildman–Crippen LogP) is 0.668. The van der Waals surface area contributed by atoms with Crippen molar-refractivity contribution in [1.29, 1.82) is 0 Å². The molecule has 0 fully saturated rings. The van der Waals surface area contributed by atoms with Crippen molar-refractivity contribution in [1.82, 2.24) is 5.32 Å². The van der Waals surface area contributed by atoms with Crippen molar-refractivity contribution in [3.63, 3.8) is 0 Å². The Morgan fingerprint density at radius 3 is 2.44 bits per heavy atom. The number of benzene rings is 1. The molecule has 0 aliphatic rings. The van der Waals surface area contributed by atoms with Crippen molar-refractivity contribution in [3.05, 3.63) is 30.3 Å². The highest BCUT2D eigenvalue weighted by Gasteiger charge is 2.17. The number of rotatable bonds is 5. The van der Waals surface area contributed by atoms with Crippen LogP contribution in [0.4, 0.5) is 10.5 Å². The fraction of sp³-hybridized carbons (Fsp3) is 0.333. The molecule has 18 heavy (non-hydrogen) atoms. The number of para-hydroxylation sites is 1. The Hall–Kier alpha value is -2.08. The minimum Gasteiger partial charge on any atom is -0.479 e. The lowest BCUT2D eigenvalue weighted by molar-refractivity contribution is -0.146. The van der Waals surface area contributed by atoms with Crippen LogP contribution in [0.1, 0.15) is 6.92 Å². The molecule has 1 aromatic rings. The van der Waals surface area contributed by atoms with E-state index in [1.807, 2.05) is 6.07 Å². The van der Waals surface area contributed by atoms with Crippen molar-refractivity contribution >= 4 is 17.7 Å². The van der Waals surface area contributed by atoms with Crippen LogP contribution in [0.15, 0.2) is 30.3 Å². The standard InChI is InChI=1S/C12H16N2O4/c1-2-14(9-6-4-3-5-7-9)12(18)13-8-10(15)11(16)17/h3-7,10,15H,2,8H2,1H3,(H,13,18)(H,16,17)/t10-/m0/s1. The molecule has 0 unspecified atom stereocenters. The number of anilines is 1. The second-order valence-electron chi connectivity index (χ2n) is 3.62. The second kappa shape index (κ2) is 6.61. The first-order valence-electron chi connectivity index (χ1n) is 5.57. The van der Waals surface area contributed by atoms with Crippen LogP contribution in [0.25, 0.3) is 0 Å². The zero-order valence-corrected chi connectivity index (χ0v) is 10.0. The molecular weight excluding hydrogens is 236 g/mol. The molecule has 6 heteroatoms. The number of carboxylic acids is 1. The van der Waals surface area contributed by atoms with Gasteiger partial charge in [-0.05, 0) is 19.1 Å². The lowest BCUT2D eigenvalue weighted by Crippen LogP contribution is -2.44. The van der Waals surface area contributed by atoms with Gasteiger partial charge >= 0.3 is 12.0 Å². The van der Waals surface area contributed by atoms with E-state index in [9.17, 15) is 9.59 Å². The van der Waals surface area contributed by atoms with Gasteiger partial charge in [-0.15, -0.1) is 0 Å². The van der Waals surface area contributed by atoms with Crippen molar-refractivity contribution in [2.45, 2.75) is 13.0 Å². The number of urea groups is 1. The van der Waals surface area contributed by atoms with Crippen LogP contribution in [-0.4, -0.2) is 41.4 Å². The molecule has 3 N–H and O–H groups in total. The van der Waals surface area contributed by atoms with E-state index in [1.54, 1.807) is 31.2 Å². The van der Waals surface area contributed by atoms with Crippen LogP contribution in [0.5, 0.6) is 0 Å². The smallest absolute Gasteiger partial charge is 0.334 e. The van der Waals surface area contributed by atoms with Gasteiger partial charge < -0.3 is 15.5 Å². The third-order valence-electron chi connectivity index (χ3n) is 2.36. The van der Waals surface area contributed by atoms with Gasteiger partial charge in [0.1, 0.15) is 0 Å². The number of amides is 2. The van der Waals surface area contributed by atoms with Gasteiger partial charge in [0.15, 0.2) is 6.10 Å². The average molecular weight is 252 g/mol. The summed E-state index contributed by atoms with van der Waals surface area (Å²) in [5, 5.41) is 19.9. The van der Waals surface area contributed by atoms with E-state index in [4.69, 9.17) is 10.2 Å². The maximum atomic E-state index is 11.8. The topological polar surface area (TPSA) is 89.9 Å². The number of carboxylic acid groups (broad SMARTS) is 1. The Morgan fingerprint density at radius 1 is 1.33 bits per heavy atom. The van der Waals surface area contributed by atoms with Gasteiger partial charge in [0.05, 0.1) is 6.54 Å². The largest absolute Gasteiger partial charge is 0.479 e. The van der Waals surface area contributed by atoms with E-state index in [0.29, 0.717) is 12.2 Å². The normalized spacial score (nSPS) is 11.7. The zero-order chi connectivity index (χ0) is 13.5. The third kappa shape index (κ3) is 3.74. The molecule has 0 saturated heterocycles. The third-order valence-corrected chi connectivity index (χ3v) is 2.36. The van der Waals surface area contributed by atoms with Crippen LogP contribution in [0.2, 0.25) is 0 Å². The lowest BCUT2D eigenvalue weighted by atomic mass is 10.3. The summed E-state index contributed by atoms with van der Waals surface area (Å²) in [6.45, 7) is 1.93. The van der Waals surface area contributed by atoms with Gasteiger partial charge in [0.25, 0.3) is 0 Å². The minimum absolute atomic E-state index is 0.322. The van der Waals surface area contributed by atoms with Crippen LogP contribution < -0.4 is 10.2 Å². The zero-order valence-electron chi connectivity index (χ0n) is 10.0. The first-order valence-corrected chi connectivity index (χ1v) is 5.57. The summed E-state index contributed by atoms with van der Waals surface area (Å²) >= 11 is 0. The number of hydrogen-bond acceptors (Lipinski definition) is 3. The second-order valence-corrected chi connectivity index (χ2v) is 3.62.